The maximum Gasteiger partial charge on any atom is 0.253 e. The van der Waals surface area contributed by atoms with E-state index in [2.05, 4.69) is 21.2 Å². The molecule has 1 atom stereocenters. The quantitative estimate of drug-likeness (QED) is 0.918. The average molecular weight is 323 g/mol. The summed E-state index contributed by atoms with van der Waals surface area (Å²) in [5, 5.41) is 3.37. The van der Waals surface area contributed by atoms with Crippen molar-refractivity contribution in [3.8, 4) is 0 Å². The summed E-state index contributed by atoms with van der Waals surface area (Å²) in [4.78, 5) is 11.9. The largest absolute Gasteiger partial charge is 0.349 e. The van der Waals surface area contributed by atoms with Crippen LogP contribution in [0.2, 0.25) is 5.02 Å². The van der Waals surface area contributed by atoms with Gasteiger partial charge in [-0.05, 0) is 31.4 Å². The molecule has 0 aliphatic heterocycles. The fourth-order valence-electron chi connectivity index (χ4n) is 1.26. The summed E-state index contributed by atoms with van der Waals surface area (Å²) in [5.41, 5.74) is 0.504. The SMILES string of the molecule is CSCC(C)NC(=O)c1cc(Br)ccc1Cl. The van der Waals surface area contributed by atoms with Gasteiger partial charge < -0.3 is 5.32 Å². The summed E-state index contributed by atoms with van der Waals surface area (Å²) in [6.45, 7) is 1.97. The van der Waals surface area contributed by atoms with Gasteiger partial charge in [0.05, 0.1) is 10.6 Å². The molecule has 88 valence electrons. The van der Waals surface area contributed by atoms with Gasteiger partial charge in [-0.1, -0.05) is 27.5 Å². The predicted molar refractivity (Wildman–Crippen MR) is 74.5 cm³/mol. The Bertz CT molecular complexity index is 386. The lowest BCUT2D eigenvalue weighted by atomic mass is 10.2. The van der Waals surface area contributed by atoms with Crippen LogP contribution >= 0.6 is 39.3 Å². The van der Waals surface area contributed by atoms with E-state index in [0.29, 0.717) is 10.6 Å². The van der Waals surface area contributed by atoms with Crippen molar-refractivity contribution in [2.24, 2.45) is 0 Å². The van der Waals surface area contributed by atoms with E-state index in [1.54, 1.807) is 23.9 Å². The Morgan fingerprint density at radius 1 is 1.62 bits per heavy atom. The summed E-state index contributed by atoms with van der Waals surface area (Å²) < 4.78 is 0.847. The Morgan fingerprint density at radius 2 is 2.31 bits per heavy atom. The van der Waals surface area contributed by atoms with Crippen molar-refractivity contribution in [1.82, 2.24) is 5.32 Å². The fourth-order valence-corrected chi connectivity index (χ4v) is 2.41. The van der Waals surface area contributed by atoms with Crippen molar-refractivity contribution in [2.75, 3.05) is 12.0 Å². The topological polar surface area (TPSA) is 29.1 Å². The van der Waals surface area contributed by atoms with Crippen molar-refractivity contribution < 1.29 is 4.79 Å². The van der Waals surface area contributed by atoms with Crippen LogP contribution in [0.15, 0.2) is 22.7 Å². The van der Waals surface area contributed by atoms with Crippen molar-refractivity contribution in [2.45, 2.75) is 13.0 Å². The average Bonchev–Trinajstić information content (AvgIpc) is 2.21. The van der Waals surface area contributed by atoms with Crippen molar-refractivity contribution in [3.63, 3.8) is 0 Å². The van der Waals surface area contributed by atoms with Gasteiger partial charge in [-0.15, -0.1) is 0 Å². The Hall–Kier alpha value is -0.190. The molecule has 2 nitrogen and oxygen atoms in total. The highest BCUT2D eigenvalue weighted by Crippen LogP contribution is 2.21. The Morgan fingerprint density at radius 3 is 2.94 bits per heavy atom. The van der Waals surface area contributed by atoms with E-state index in [-0.39, 0.29) is 11.9 Å². The number of halogens is 2. The Kier molecular flexibility index (Phi) is 5.66. The first kappa shape index (κ1) is 13.9. The van der Waals surface area contributed by atoms with E-state index in [1.165, 1.54) is 0 Å². The zero-order valence-corrected chi connectivity index (χ0v) is 12.2. The van der Waals surface area contributed by atoms with E-state index in [1.807, 2.05) is 19.2 Å². The fraction of sp³-hybridized carbons (Fsp3) is 0.364. The normalized spacial score (nSPS) is 12.2. The number of hydrogen-bond acceptors (Lipinski definition) is 2. The molecule has 1 aromatic rings. The van der Waals surface area contributed by atoms with Gasteiger partial charge in [-0.25, -0.2) is 0 Å². The van der Waals surface area contributed by atoms with Crippen LogP contribution in [0.5, 0.6) is 0 Å². The van der Waals surface area contributed by atoms with Gasteiger partial charge in [0.15, 0.2) is 0 Å². The molecule has 0 radical (unpaired) electrons. The van der Waals surface area contributed by atoms with Crippen LogP contribution in [0.3, 0.4) is 0 Å². The van der Waals surface area contributed by atoms with Gasteiger partial charge in [0.2, 0.25) is 0 Å². The highest BCUT2D eigenvalue weighted by molar-refractivity contribution is 9.10. The minimum atomic E-state index is -0.132. The number of carbonyl (C=O) groups excluding carboxylic acids is 1. The van der Waals surface area contributed by atoms with Crippen LogP contribution in [0.25, 0.3) is 0 Å². The zero-order valence-electron chi connectivity index (χ0n) is 9.09. The number of thioether (sulfide) groups is 1. The molecule has 1 unspecified atom stereocenters. The lowest BCUT2D eigenvalue weighted by Crippen LogP contribution is -2.34. The van der Waals surface area contributed by atoms with E-state index in [4.69, 9.17) is 11.6 Å². The Balaban J connectivity index is 2.76. The number of nitrogens with one attached hydrogen (secondary N) is 1. The van der Waals surface area contributed by atoms with Gasteiger partial charge in [0.1, 0.15) is 0 Å². The third-order valence-corrected chi connectivity index (χ3v) is 3.62. The zero-order chi connectivity index (χ0) is 12.1. The van der Waals surface area contributed by atoms with Crippen LogP contribution in [-0.4, -0.2) is 24.0 Å². The summed E-state index contributed by atoms with van der Waals surface area (Å²) in [6.07, 6.45) is 2.01. The van der Waals surface area contributed by atoms with Crippen LogP contribution in [0, 0.1) is 0 Å². The lowest BCUT2D eigenvalue weighted by Gasteiger charge is -2.13. The summed E-state index contributed by atoms with van der Waals surface area (Å²) >= 11 is 11.0. The second-order valence-electron chi connectivity index (χ2n) is 3.45. The van der Waals surface area contributed by atoms with E-state index >= 15 is 0 Å². The van der Waals surface area contributed by atoms with Crippen molar-refractivity contribution in [3.05, 3.63) is 33.3 Å². The molecular formula is C11H13BrClNOS. The van der Waals surface area contributed by atoms with Gasteiger partial charge in [0.25, 0.3) is 5.91 Å². The van der Waals surface area contributed by atoms with Crippen LogP contribution in [-0.2, 0) is 0 Å². The molecule has 0 aliphatic carbocycles. The molecule has 0 spiro atoms. The third kappa shape index (κ3) is 4.00. The van der Waals surface area contributed by atoms with Gasteiger partial charge in [-0.3, -0.25) is 4.79 Å². The molecular weight excluding hydrogens is 310 g/mol. The Labute approximate surface area is 113 Å². The first-order valence-corrected chi connectivity index (χ1v) is 7.36. The smallest absolute Gasteiger partial charge is 0.253 e. The van der Waals surface area contributed by atoms with Crippen molar-refractivity contribution in [1.29, 1.82) is 0 Å². The molecule has 5 heteroatoms. The van der Waals surface area contributed by atoms with E-state index < -0.39 is 0 Å². The van der Waals surface area contributed by atoms with Gasteiger partial charge in [-0.2, -0.15) is 11.8 Å². The molecule has 0 heterocycles. The predicted octanol–water partition coefficient (Wildman–Crippen LogP) is 3.58. The number of carbonyl (C=O) groups is 1. The summed E-state index contributed by atoms with van der Waals surface area (Å²) in [6, 6.07) is 5.38. The molecule has 0 aliphatic rings. The number of rotatable bonds is 4. The second-order valence-corrected chi connectivity index (χ2v) is 5.69. The first-order valence-electron chi connectivity index (χ1n) is 4.79. The minimum absolute atomic E-state index is 0.132. The molecule has 0 fully saturated rings. The van der Waals surface area contributed by atoms with Crippen LogP contribution in [0.1, 0.15) is 17.3 Å². The van der Waals surface area contributed by atoms with Gasteiger partial charge >= 0.3 is 0 Å². The maximum absolute atomic E-state index is 11.9. The molecule has 0 saturated carbocycles. The van der Waals surface area contributed by atoms with E-state index in [0.717, 1.165) is 10.2 Å². The number of benzene rings is 1. The van der Waals surface area contributed by atoms with Crippen molar-refractivity contribution >= 4 is 45.2 Å². The molecule has 1 aromatic carbocycles. The summed E-state index contributed by atoms with van der Waals surface area (Å²) in [5.74, 6) is 0.755. The molecule has 1 amide bonds. The standard InChI is InChI=1S/C11H13BrClNOS/c1-7(6-16-2)14-11(15)9-5-8(12)3-4-10(9)13/h3-5,7H,6H2,1-2H3,(H,14,15). The lowest BCUT2D eigenvalue weighted by molar-refractivity contribution is 0.0944. The molecule has 1 N–H and O–H groups in total. The molecule has 16 heavy (non-hydrogen) atoms. The molecule has 0 aromatic heterocycles. The number of amides is 1. The summed E-state index contributed by atoms with van der Waals surface area (Å²) in [7, 11) is 0. The first-order chi connectivity index (χ1) is 7.54. The highest BCUT2D eigenvalue weighted by Gasteiger charge is 2.12. The van der Waals surface area contributed by atoms with Gasteiger partial charge in [0, 0.05) is 16.3 Å². The minimum Gasteiger partial charge on any atom is -0.349 e. The molecule has 0 saturated heterocycles. The highest BCUT2D eigenvalue weighted by atomic mass is 79.9. The number of hydrogen-bond donors (Lipinski definition) is 1. The molecule has 0 bridgehead atoms. The van der Waals surface area contributed by atoms with Crippen LogP contribution < -0.4 is 5.32 Å². The second kappa shape index (κ2) is 6.52. The maximum atomic E-state index is 11.9. The van der Waals surface area contributed by atoms with E-state index in [9.17, 15) is 4.79 Å². The monoisotopic (exact) mass is 321 g/mol. The molecule has 1 rings (SSSR count). The van der Waals surface area contributed by atoms with Crippen LogP contribution in [0.4, 0.5) is 0 Å². The third-order valence-electron chi connectivity index (χ3n) is 1.97.